The standard InChI is InChI=1S/C15H31N/c1-5-13-9-7-8-10-14(13)15(16-6-2)11-12(3)4/h12-16H,5-11H2,1-4H3. The Morgan fingerprint density at radius 3 is 2.38 bits per heavy atom. The Bertz CT molecular complexity index is 176. The van der Waals surface area contributed by atoms with Gasteiger partial charge in [-0.1, -0.05) is 53.4 Å². The van der Waals surface area contributed by atoms with E-state index in [9.17, 15) is 0 Å². The van der Waals surface area contributed by atoms with Crippen molar-refractivity contribution in [3.05, 3.63) is 0 Å². The topological polar surface area (TPSA) is 12.0 Å². The summed E-state index contributed by atoms with van der Waals surface area (Å²) in [5, 5.41) is 3.75. The second-order valence-corrected chi connectivity index (χ2v) is 5.91. The Morgan fingerprint density at radius 2 is 1.81 bits per heavy atom. The van der Waals surface area contributed by atoms with Crippen molar-refractivity contribution in [2.75, 3.05) is 6.54 Å². The van der Waals surface area contributed by atoms with Crippen molar-refractivity contribution in [1.29, 1.82) is 0 Å². The highest BCUT2D eigenvalue weighted by Crippen LogP contribution is 2.36. The zero-order valence-corrected chi connectivity index (χ0v) is 11.8. The van der Waals surface area contributed by atoms with Crippen molar-refractivity contribution < 1.29 is 0 Å². The second kappa shape index (κ2) is 7.32. The maximum absolute atomic E-state index is 3.75. The van der Waals surface area contributed by atoms with Crippen LogP contribution < -0.4 is 5.32 Å². The minimum absolute atomic E-state index is 0.773. The highest BCUT2D eigenvalue weighted by Gasteiger charge is 2.30. The summed E-state index contributed by atoms with van der Waals surface area (Å²) >= 11 is 0. The predicted molar refractivity (Wildman–Crippen MR) is 72.7 cm³/mol. The van der Waals surface area contributed by atoms with Crippen LogP contribution in [0.3, 0.4) is 0 Å². The van der Waals surface area contributed by atoms with Gasteiger partial charge in [0.25, 0.3) is 0 Å². The van der Waals surface area contributed by atoms with E-state index in [1.165, 1.54) is 38.5 Å². The van der Waals surface area contributed by atoms with Gasteiger partial charge in [-0.15, -0.1) is 0 Å². The highest BCUT2D eigenvalue weighted by atomic mass is 14.9. The average Bonchev–Trinajstić information content (AvgIpc) is 2.28. The Kier molecular flexibility index (Phi) is 6.41. The minimum atomic E-state index is 0.773. The van der Waals surface area contributed by atoms with Crippen LogP contribution in [0.2, 0.25) is 0 Å². The van der Waals surface area contributed by atoms with E-state index in [0.29, 0.717) is 0 Å². The molecule has 0 aromatic rings. The number of rotatable bonds is 6. The molecule has 0 spiro atoms. The van der Waals surface area contributed by atoms with Crippen LogP contribution in [0.15, 0.2) is 0 Å². The zero-order chi connectivity index (χ0) is 12.0. The van der Waals surface area contributed by atoms with Crippen LogP contribution >= 0.6 is 0 Å². The summed E-state index contributed by atoms with van der Waals surface area (Å²) in [4.78, 5) is 0. The van der Waals surface area contributed by atoms with E-state index in [0.717, 1.165) is 30.3 Å². The van der Waals surface area contributed by atoms with Gasteiger partial charge in [-0.3, -0.25) is 0 Å². The molecule has 16 heavy (non-hydrogen) atoms. The molecule has 0 radical (unpaired) electrons. The summed E-state index contributed by atoms with van der Waals surface area (Å²) in [7, 11) is 0. The normalized spacial score (nSPS) is 28.3. The fourth-order valence-corrected chi connectivity index (χ4v) is 3.45. The maximum atomic E-state index is 3.75. The second-order valence-electron chi connectivity index (χ2n) is 5.91. The van der Waals surface area contributed by atoms with Gasteiger partial charge in [-0.05, 0) is 37.1 Å². The molecule has 3 unspecified atom stereocenters. The Hall–Kier alpha value is -0.0400. The van der Waals surface area contributed by atoms with Gasteiger partial charge in [-0.25, -0.2) is 0 Å². The summed E-state index contributed by atoms with van der Waals surface area (Å²) in [5.74, 6) is 2.75. The first-order valence-corrected chi connectivity index (χ1v) is 7.42. The third-order valence-electron chi connectivity index (χ3n) is 4.20. The summed E-state index contributed by atoms with van der Waals surface area (Å²) in [5.41, 5.74) is 0. The molecule has 96 valence electrons. The third kappa shape index (κ3) is 4.08. The molecule has 1 N–H and O–H groups in total. The largest absolute Gasteiger partial charge is 0.314 e. The molecule has 1 fully saturated rings. The fraction of sp³-hybridized carbons (Fsp3) is 1.00. The van der Waals surface area contributed by atoms with Crippen LogP contribution in [0.4, 0.5) is 0 Å². The molecule has 0 heterocycles. The van der Waals surface area contributed by atoms with Crippen molar-refractivity contribution in [3.8, 4) is 0 Å². The predicted octanol–water partition coefficient (Wildman–Crippen LogP) is 4.23. The molecule has 1 aliphatic carbocycles. The van der Waals surface area contributed by atoms with Crippen molar-refractivity contribution >= 4 is 0 Å². The zero-order valence-electron chi connectivity index (χ0n) is 11.8. The van der Waals surface area contributed by atoms with Crippen molar-refractivity contribution in [2.45, 2.75) is 72.3 Å². The van der Waals surface area contributed by atoms with Crippen LogP contribution in [0.1, 0.15) is 66.2 Å². The fourth-order valence-electron chi connectivity index (χ4n) is 3.45. The molecule has 0 amide bonds. The number of nitrogens with one attached hydrogen (secondary N) is 1. The van der Waals surface area contributed by atoms with Gasteiger partial charge < -0.3 is 5.32 Å². The molecule has 0 bridgehead atoms. The molecule has 3 atom stereocenters. The summed E-state index contributed by atoms with van der Waals surface area (Å²) in [6, 6.07) is 0.773. The van der Waals surface area contributed by atoms with E-state index < -0.39 is 0 Å². The number of hydrogen-bond acceptors (Lipinski definition) is 1. The lowest BCUT2D eigenvalue weighted by molar-refractivity contribution is 0.161. The molecule has 1 nitrogen and oxygen atoms in total. The molecule has 1 saturated carbocycles. The van der Waals surface area contributed by atoms with Crippen molar-refractivity contribution in [1.82, 2.24) is 5.32 Å². The lowest BCUT2D eigenvalue weighted by atomic mass is 9.72. The first-order chi connectivity index (χ1) is 7.69. The Labute approximate surface area is 102 Å². The van der Waals surface area contributed by atoms with E-state index in [4.69, 9.17) is 0 Å². The smallest absolute Gasteiger partial charge is 0.0100 e. The molecular weight excluding hydrogens is 194 g/mol. The van der Waals surface area contributed by atoms with Gasteiger partial charge in [-0.2, -0.15) is 0 Å². The van der Waals surface area contributed by atoms with Crippen LogP contribution in [0.25, 0.3) is 0 Å². The number of hydrogen-bond donors (Lipinski definition) is 1. The summed E-state index contributed by atoms with van der Waals surface area (Å²) < 4.78 is 0. The van der Waals surface area contributed by atoms with Gasteiger partial charge in [0.15, 0.2) is 0 Å². The molecular formula is C15H31N. The maximum Gasteiger partial charge on any atom is 0.0100 e. The van der Waals surface area contributed by atoms with Gasteiger partial charge >= 0.3 is 0 Å². The Morgan fingerprint density at radius 1 is 1.12 bits per heavy atom. The summed E-state index contributed by atoms with van der Waals surface area (Å²) in [6.45, 7) is 10.5. The van der Waals surface area contributed by atoms with E-state index in [2.05, 4.69) is 33.0 Å². The molecule has 1 aliphatic rings. The van der Waals surface area contributed by atoms with E-state index in [-0.39, 0.29) is 0 Å². The quantitative estimate of drug-likeness (QED) is 0.713. The van der Waals surface area contributed by atoms with Crippen LogP contribution in [-0.2, 0) is 0 Å². The van der Waals surface area contributed by atoms with Gasteiger partial charge in [0.2, 0.25) is 0 Å². The third-order valence-corrected chi connectivity index (χ3v) is 4.20. The molecule has 1 rings (SSSR count). The lowest BCUT2D eigenvalue weighted by Gasteiger charge is -2.38. The molecule has 0 aliphatic heterocycles. The summed E-state index contributed by atoms with van der Waals surface area (Å²) in [6.07, 6.45) is 8.60. The average molecular weight is 225 g/mol. The Balaban J connectivity index is 2.58. The van der Waals surface area contributed by atoms with E-state index in [1.807, 2.05) is 0 Å². The van der Waals surface area contributed by atoms with Crippen LogP contribution in [-0.4, -0.2) is 12.6 Å². The molecule has 1 heteroatoms. The molecule has 0 aromatic heterocycles. The highest BCUT2D eigenvalue weighted by molar-refractivity contribution is 4.85. The van der Waals surface area contributed by atoms with Gasteiger partial charge in [0.05, 0.1) is 0 Å². The molecule has 0 saturated heterocycles. The first kappa shape index (κ1) is 14.0. The first-order valence-electron chi connectivity index (χ1n) is 7.42. The van der Waals surface area contributed by atoms with Gasteiger partial charge in [0, 0.05) is 6.04 Å². The van der Waals surface area contributed by atoms with Gasteiger partial charge in [0.1, 0.15) is 0 Å². The lowest BCUT2D eigenvalue weighted by Crippen LogP contribution is -2.41. The SMILES string of the molecule is CCNC(CC(C)C)C1CCCCC1CC. The van der Waals surface area contributed by atoms with Crippen molar-refractivity contribution in [3.63, 3.8) is 0 Å². The molecule has 0 aromatic carbocycles. The van der Waals surface area contributed by atoms with E-state index in [1.54, 1.807) is 0 Å². The van der Waals surface area contributed by atoms with E-state index >= 15 is 0 Å². The minimum Gasteiger partial charge on any atom is -0.314 e. The monoisotopic (exact) mass is 225 g/mol. The van der Waals surface area contributed by atoms with Crippen LogP contribution in [0, 0.1) is 17.8 Å². The van der Waals surface area contributed by atoms with Crippen LogP contribution in [0.5, 0.6) is 0 Å². The van der Waals surface area contributed by atoms with Crippen molar-refractivity contribution in [2.24, 2.45) is 17.8 Å².